The van der Waals surface area contributed by atoms with Crippen molar-refractivity contribution in [2.24, 2.45) is 0 Å². The number of amides is 1. The number of aliphatic hydroxyl groups excluding tert-OH is 1. The highest BCUT2D eigenvalue weighted by Crippen LogP contribution is 1.82. The summed E-state index contributed by atoms with van der Waals surface area (Å²) >= 11 is 0. The van der Waals surface area contributed by atoms with E-state index >= 15 is 0 Å². The molecule has 16 heavy (non-hydrogen) atoms. The number of rotatable bonds is 10. The van der Waals surface area contributed by atoms with Crippen LogP contribution in [-0.4, -0.2) is 64.2 Å². The van der Waals surface area contributed by atoms with E-state index in [0.717, 1.165) is 0 Å². The van der Waals surface area contributed by atoms with Gasteiger partial charge < -0.3 is 25.2 Å². The number of methoxy groups -OCH3 is 2. The molecule has 6 heteroatoms. The normalized spacial score (nSPS) is 12.4. The topological polar surface area (TPSA) is 79.8 Å². The zero-order chi connectivity index (χ0) is 12.2. The molecule has 0 aromatic heterocycles. The Labute approximate surface area is 96.3 Å². The fourth-order valence-corrected chi connectivity index (χ4v) is 1.10. The van der Waals surface area contributed by atoms with Gasteiger partial charge in [-0.3, -0.25) is 4.79 Å². The van der Waals surface area contributed by atoms with Crippen LogP contribution in [-0.2, 0) is 14.3 Å². The smallest absolute Gasteiger partial charge is 0.221 e. The summed E-state index contributed by atoms with van der Waals surface area (Å²) in [5.74, 6) is -0.0224. The van der Waals surface area contributed by atoms with Crippen LogP contribution in [0.5, 0.6) is 0 Å². The second-order valence-electron chi connectivity index (χ2n) is 3.41. The molecular formula is C10H22N2O4. The molecule has 0 aromatic rings. The second-order valence-corrected chi connectivity index (χ2v) is 3.41. The number of carbonyl (C=O) groups excluding carboxylic acids is 1. The quantitative estimate of drug-likeness (QED) is 0.411. The fraction of sp³-hybridized carbons (Fsp3) is 0.900. The maximum absolute atomic E-state index is 11.2. The lowest BCUT2D eigenvalue weighted by Crippen LogP contribution is -2.34. The van der Waals surface area contributed by atoms with Gasteiger partial charge in [-0.2, -0.15) is 0 Å². The van der Waals surface area contributed by atoms with Crippen molar-refractivity contribution in [2.45, 2.75) is 12.5 Å². The van der Waals surface area contributed by atoms with Gasteiger partial charge in [0.2, 0.25) is 5.91 Å². The third kappa shape index (κ3) is 9.85. The van der Waals surface area contributed by atoms with Crippen LogP contribution in [0.4, 0.5) is 0 Å². The van der Waals surface area contributed by atoms with E-state index in [1.54, 1.807) is 7.11 Å². The Morgan fingerprint density at radius 2 is 2.06 bits per heavy atom. The van der Waals surface area contributed by atoms with E-state index in [4.69, 9.17) is 9.47 Å². The molecule has 96 valence electrons. The first-order valence-corrected chi connectivity index (χ1v) is 5.34. The highest BCUT2D eigenvalue weighted by atomic mass is 16.5. The van der Waals surface area contributed by atoms with Crippen molar-refractivity contribution in [3.05, 3.63) is 0 Å². The van der Waals surface area contributed by atoms with Gasteiger partial charge in [0.05, 0.1) is 19.3 Å². The Bertz CT molecular complexity index is 178. The van der Waals surface area contributed by atoms with Crippen molar-refractivity contribution >= 4 is 5.91 Å². The average molecular weight is 234 g/mol. The largest absolute Gasteiger partial charge is 0.389 e. The van der Waals surface area contributed by atoms with E-state index in [1.165, 1.54) is 7.11 Å². The van der Waals surface area contributed by atoms with Gasteiger partial charge in [-0.25, -0.2) is 0 Å². The minimum atomic E-state index is -0.526. The molecule has 1 unspecified atom stereocenters. The zero-order valence-electron chi connectivity index (χ0n) is 9.99. The Kier molecular flexibility index (Phi) is 10.3. The lowest BCUT2D eigenvalue weighted by molar-refractivity contribution is -0.121. The molecule has 0 aliphatic heterocycles. The first-order valence-electron chi connectivity index (χ1n) is 5.34. The molecule has 0 saturated heterocycles. The molecule has 0 aliphatic carbocycles. The summed E-state index contributed by atoms with van der Waals surface area (Å²) in [5, 5.41) is 15.0. The van der Waals surface area contributed by atoms with E-state index in [-0.39, 0.29) is 5.91 Å². The standard InChI is InChI=1S/C10H22N2O4/c1-15-6-5-12-10(14)3-4-11-7-9(13)8-16-2/h9,11,13H,3-8H2,1-2H3,(H,12,14). The number of nitrogens with one attached hydrogen (secondary N) is 2. The van der Waals surface area contributed by atoms with Crippen LogP contribution in [0.3, 0.4) is 0 Å². The molecule has 0 rings (SSSR count). The molecule has 0 bridgehead atoms. The highest BCUT2D eigenvalue weighted by Gasteiger charge is 2.03. The molecular weight excluding hydrogens is 212 g/mol. The van der Waals surface area contributed by atoms with Gasteiger partial charge >= 0.3 is 0 Å². The first kappa shape index (κ1) is 15.3. The predicted octanol–water partition coefficient (Wildman–Crippen LogP) is -1.26. The van der Waals surface area contributed by atoms with E-state index in [9.17, 15) is 9.90 Å². The lowest BCUT2D eigenvalue weighted by atomic mass is 10.3. The van der Waals surface area contributed by atoms with Crippen LogP contribution in [0.2, 0.25) is 0 Å². The number of aliphatic hydroxyl groups is 1. The Balaban J connectivity index is 3.27. The Morgan fingerprint density at radius 1 is 1.31 bits per heavy atom. The van der Waals surface area contributed by atoms with Crippen molar-refractivity contribution in [3.63, 3.8) is 0 Å². The molecule has 0 heterocycles. The molecule has 1 amide bonds. The summed E-state index contributed by atoms with van der Waals surface area (Å²) in [6.45, 7) is 2.32. The van der Waals surface area contributed by atoms with Crippen molar-refractivity contribution in [1.82, 2.24) is 10.6 Å². The molecule has 0 spiro atoms. The molecule has 0 radical (unpaired) electrons. The van der Waals surface area contributed by atoms with Gasteiger partial charge in [-0.15, -0.1) is 0 Å². The minimum absolute atomic E-state index is 0.0224. The van der Waals surface area contributed by atoms with E-state index in [0.29, 0.717) is 39.3 Å². The summed E-state index contributed by atoms with van der Waals surface area (Å²) in [6.07, 6.45) is -0.134. The Hall–Kier alpha value is -0.690. The van der Waals surface area contributed by atoms with Crippen molar-refractivity contribution in [2.75, 3.05) is 47.1 Å². The van der Waals surface area contributed by atoms with Crippen LogP contribution in [0.25, 0.3) is 0 Å². The summed E-state index contributed by atoms with van der Waals surface area (Å²) < 4.78 is 9.56. The van der Waals surface area contributed by atoms with Gasteiger partial charge in [0, 0.05) is 40.3 Å². The summed E-state index contributed by atoms with van der Waals surface area (Å²) in [4.78, 5) is 11.2. The molecule has 0 aromatic carbocycles. The van der Waals surface area contributed by atoms with Gasteiger partial charge in [0.15, 0.2) is 0 Å². The lowest BCUT2D eigenvalue weighted by Gasteiger charge is -2.10. The van der Waals surface area contributed by atoms with Crippen LogP contribution >= 0.6 is 0 Å². The maximum atomic E-state index is 11.2. The zero-order valence-corrected chi connectivity index (χ0v) is 9.99. The molecule has 0 aliphatic rings. The van der Waals surface area contributed by atoms with Crippen LogP contribution in [0.1, 0.15) is 6.42 Å². The van der Waals surface area contributed by atoms with Gasteiger partial charge in [0.1, 0.15) is 0 Å². The number of carbonyl (C=O) groups is 1. The molecule has 1 atom stereocenters. The summed E-state index contributed by atoms with van der Waals surface area (Å²) in [5.41, 5.74) is 0. The highest BCUT2D eigenvalue weighted by molar-refractivity contribution is 5.75. The number of ether oxygens (including phenoxy) is 2. The molecule has 3 N–H and O–H groups in total. The maximum Gasteiger partial charge on any atom is 0.221 e. The van der Waals surface area contributed by atoms with Crippen molar-refractivity contribution < 1.29 is 19.4 Å². The number of hydrogen-bond donors (Lipinski definition) is 3. The van der Waals surface area contributed by atoms with Gasteiger partial charge in [0.25, 0.3) is 0 Å². The molecule has 0 saturated carbocycles. The number of hydrogen-bond acceptors (Lipinski definition) is 5. The second kappa shape index (κ2) is 10.8. The third-order valence-electron chi connectivity index (χ3n) is 1.90. The first-order chi connectivity index (χ1) is 7.70. The molecule has 6 nitrogen and oxygen atoms in total. The van der Waals surface area contributed by atoms with E-state index in [1.807, 2.05) is 0 Å². The van der Waals surface area contributed by atoms with Gasteiger partial charge in [-0.05, 0) is 0 Å². The Morgan fingerprint density at radius 3 is 2.69 bits per heavy atom. The summed E-state index contributed by atoms with van der Waals surface area (Å²) in [6, 6.07) is 0. The van der Waals surface area contributed by atoms with Crippen molar-refractivity contribution in [3.8, 4) is 0 Å². The third-order valence-corrected chi connectivity index (χ3v) is 1.90. The van der Waals surface area contributed by atoms with E-state index in [2.05, 4.69) is 10.6 Å². The van der Waals surface area contributed by atoms with Crippen LogP contribution in [0.15, 0.2) is 0 Å². The average Bonchev–Trinajstić information content (AvgIpc) is 2.25. The SMILES string of the molecule is COCCNC(=O)CCNCC(O)COC. The van der Waals surface area contributed by atoms with Crippen LogP contribution in [0, 0.1) is 0 Å². The fourth-order valence-electron chi connectivity index (χ4n) is 1.10. The van der Waals surface area contributed by atoms with Crippen molar-refractivity contribution in [1.29, 1.82) is 0 Å². The van der Waals surface area contributed by atoms with Crippen LogP contribution < -0.4 is 10.6 Å². The van der Waals surface area contributed by atoms with Gasteiger partial charge in [-0.1, -0.05) is 0 Å². The molecule has 0 fully saturated rings. The predicted molar refractivity (Wildman–Crippen MR) is 60.3 cm³/mol. The monoisotopic (exact) mass is 234 g/mol. The minimum Gasteiger partial charge on any atom is -0.389 e. The summed E-state index contributed by atoms with van der Waals surface area (Å²) in [7, 11) is 3.12. The van der Waals surface area contributed by atoms with E-state index < -0.39 is 6.10 Å².